The molecule has 0 aliphatic carbocycles. The van der Waals surface area contributed by atoms with E-state index in [1.165, 1.54) is 0 Å². The average molecular weight is 366 g/mol. The molecule has 0 bridgehead atoms. The van der Waals surface area contributed by atoms with Gasteiger partial charge in [-0.2, -0.15) is 5.10 Å². The highest BCUT2D eigenvalue weighted by Gasteiger charge is 2.33. The SMILES string of the molecule is Cc1nc(-c2c(C)noc2C)cc(C2CCCN2C(=O)c2ccn(C)n2)n1. The summed E-state index contributed by atoms with van der Waals surface area (Å²) in [6, 6.07) is 3.62. The molecular weight excluding hydrogens is 344 g/mol. The minimum Gasteiger partial charge on any atom is -0.361 e. The summed E-state index contributed by atoms with van der Waals surface area (Å²) in [6.45, 7) is 6.34. The van der Waals surface area contributed by atoms with Crippen molar-refractivity contribution in [1.29, 1.82) is 0 Å². The predicted molar refractivity (Wildman–Crippen MR) is 98.0 cm³/mol. The number of carbonyl (C=O) groups excluding carboxylic acids is 1. The van der Waals surface area contributed by atoms with E-state index < -0.39 is 0 Å². The Morgan fingerprint density at radius 1 is 1.26 bits per heavy atom. The van der Waals surface area contributed by atoms with Crippen molar-refractivity contribution < 1.29 is 9.32 Å². The van der Waals surface area contributed by atoms with Crippen LogP contribution in [0.1, 0.15) is 52.3 Å². The fourth-order valence-corrected chi connectivity index (χ4v) is 3.73. The highest BCUT2D eigenvalue weighted by Crippen LogP contribution is 2.34. The van der Waals surface area contributed by atoms with Crippen molar-refractivity contribution in [3.05, 3.63) is 47.0 Å². The third-order valence-corrected chi connectivity index (χ3v) is 4.94. The summed E-state index contributed by atoms with van der Waals surface area (Å²) >= 11 is 0. The summed E-state index contributed by atoms with van der Waals surface area (Å²) in [5.74, 6) is 1.33. The second kappa shape index (κ2) is 6.61. The molecule has 1 aliphatic heterocycles. The number of hydrogen-bond donors (Lipinski definition) is 0. The molecule has 0 saturated carbocycles. The van der Waals surface area contributed by atoms with Crippen LogP contribution in [0.3, 0.4) is 0 Å². The highest BCUT2D eigenvalue weighted by molar-refractivity contribution is 5.92. The van der Waals surface area contributed by atoms with Crippen molar-refractivity contribution in [2.24, 2.45) is 7.05 Å². The molecule has 0 radical (unpaired) electrons. The van der Waals surface area contributed by atoms with Crippen LogP contribution in [0, 0.1) is 20.8 Å². The smallest absolute Gasteiger partial charge is 0.274 e. The van der Waals surface area contributed by atoms with Gasteiger partial charge in [-0.1, -0.05) is 5.16 Å². The first-order chi connectivity index (χ1) is 12.9. The number of aryl methyl sites for hydroxylation is 4. The maximum atomic E-state index is 12.9. The Morgan fingerprint density at radius 2 is 2.07 bits per heavy atom. The van der Waals surface area contributed by atoms with E-state index in [4.69, 9.17) is 4.52 Å². The quantitative estimate of drug-likeness (QED) is 0.708. The molecule has 1 amide bonds. The van der Waals surface area contributed by atoms with E-state index in [1.807, 2.05) is 38.8 Å². The lowest BCUT2D eigenvalue weighted by Gasteiger charge is -2.24. The summed E-state index contributed by atoms with van der Waals surface area (Å²) in [7, 11) is 1.81. The molecule has 0 spiro atoms. The lowest BCUT2D eigenvalue weighted by atomic mass is 10.1. The van der Waals surface area contributed by atoms with Crippen LogP contribution in [0.5, 0.6) is 0 Å². The zero-order chi connectivity index (χ0) is 19.1. The average Bonchev–Trinajstić information content (AvgIpc) is 3.34. The molecule has 4 heterocycles. The third-order valence-electron chi connectivity index (χ3n) is 4.94. The molecule has 27 heavy (non-hydrogen) atoms. The molecule has 140 valence electrons. The number of rotatable bonds is 3. The molecule has 0 aromatic carbocycles. The Hall–Kier alpha value is -3.03. The Labute approximate surface area is 157 Å². The van der Waals surface area contributed by atoms with Crippen molar-refractivity contribution in [3.8, 4) is 11.3 Å². The van der Waals surface area contributed by atoms with E-state index in [0.29, 0.717) is 18.1 Å². The van der Waals surface area contributed by atoms with Crippen molar-refractivity contribution in [2.45, 2.75) is 39.7 Å². The standard InChI is InChI=1S/C19H22N6O2/c1-11-18(12(2)27-23-11)16-10-15(20-13(3)21-16)17-6-5-8-25(17)19(26)14-7-9-24(4)22-14/h7,9-10,17H,5-6,8H2,1-4H3. The van der Waals surface area contributed by atoms with Gasteiger partial charge in [-0.3, -0.25) is 9.48 Å². The molecule has 3 aromatic rings. The van der Waals surface area contributed by atoms with Crippen molar-refractivity contribution in [3.63, 3.8) is 0 Å². The summed E-state index contributed by atoms with van der Waals surface area (Å²) < 4.78 is 6.93. The van der Waals surface area contributed by atoms with Gasteiger partial charge in [0.2, 0.25) is 0 Å². The van der Waals surface area contributed by atoms with Crippen LogP contribution in [0.2, 0.25) is 0 Å². The molecule has 1 aliphatic rings. The van der Waals surface area contributed by atoms with Gasteiger partial charge in [-0.05, 0) is 45.7 Å². The summed E-state index contributed by atoms with van der Waals surface area (Å²) in [4.78, 5) is 24.0. The van der Waals surface area contributed by atoms with Crippen LogP contribution in [-0.2, 0) is 7.05 Å². The van der Waals surface area contributed by atoms with E-state index in [-0.39, 0.29) is 11.9 Å². The molecule has 8 heteroatoms. The van der Waals surface area contributed by atoms with Crippen molar-refractivity contribution >= 4 is 5.91 Å². The van der Waals surface area contributed by atoms with E-state index in [0.717, 1.165) is 41.2 Å². The van der Waals surface area contributed by atoms with Gasteiger partial charge in [0, 0.05) is 19.8 Å². The minimum atomic E-state index is -0.0829. The van der Waals surface area contributed by atoms with Gasteiger partial charge in [0.25, 0.3) is 5.91 Å². The summed E-state index contributed by atoms with van der Waals surface area (Å²) in [5.41, 5.74) is 3.78. The maximum absolute atomic E-state index is 12.9. The normalized spacial score (nSPS) is 16.9. The van der Waals surface area contributed by atoms with E-state index in [9.17, 15) is 4.79 Å². The second-order valence-corrected chi connectivity index (χ2v) is 6.96. The number of amides is 1. The lowest BCUT2D eigenvalue weighted by Crippen LogP contribution is -2.31. The monoisotopic (exact) mass is 366 g/mol. The van der Waals surface area contributed by atoms with Crippen LogP contribution >= 0.6 is 0 Å². The largest absolute Gasteiger partial charge is 0.361 e. The molecule has 1 fully saturated rings. The molecule has 8 nitrogen and oxygen atoms in total. The lowest BCUT2D eigenvalue weighted by molar-refractivity contribution is 0.0726. The number of carbonyl (C=O) groups is 1. The third kappa shape index (κ3) is 3.11. The van der Waals surface area contributed by atoms with Crippen LogP contribution in [0.25, 0.3) is 11.3 Å². The van der Waals surface area contributed by atoms with Crippen LogP contribution < -0.4 is 0 Å². The predicted octanol–water partition coefficient (Wildman–Crippen LogP) is 2.77. The second-order valence-electron chi connectivity index (χ2n) is 6.96. The van der Waals surface area contributed by atoms with E-state index >= 15 is 0 Å². The molecule has 0 N–H and O–H groups in total. The van der Waals surface area contributed by atoms with E-state index in [1.54, 1.807) is 16.9 Å². The minimum absolute atomic E-state index is 0.0618. The van der Waals surface area contributed by atoms with Gasteiger partial charge in [-0.15, -0.1) is 0 Å². The number of nitrogens with zero attached hydrogens (tertiary/aromatic N) is 6. The summed E-state index contributed by atoms with van der Waals surface area (Å²) in [5, 5.41) is 8.28. The first kappa shape index (κ1) is 17.4. The first-order valence-electron chi connectivity index (χ1n) is 9.03. The maximum Gasteiger partial charge on any atom is 0.274 e. The van der Waals surface area contributed by atoms with Gasteiger partial charge in [-0.25, -0.2) is 9.97 Å². The molecule has 1 unspecified atom stereocenters. The molecule has 1 saturated heterocycles. The van der Waals surface area contributed by atoms with Gasteiger partial charge in [0.15, 0.2) is 0 Å². The van der Waals surface area contributed by atoms with Crippen molar-refractivity contribution in [2.75, 3.05) is 6.54 Å². The van der Waals surface area contributed by atoms with Crippen LogP contribution in [-0.4, -0.2) is 42.3 Å². The van der Waals surface area contributed by atoms with Gasteiger partial charge < -0.3 is 9.42 Å². The topological polar surface area (TPSA) is 89.9 Å². The fraction of sp³-hybridized carbons (Fsp3) is 0.421. The fourth-order valence-electron chi connectivity index (χ4n) is 3.73. The molecular formula is C19H22N6O2. The highest BCUT2D eigenvalue weighted by atomic mass is 16.5. The molecule has 4 rings (SSSR count). The summed E-state index contributed by atoms with van der Waals surface area (Å²) in [6.07, 6.45) is 3.59. The molecule has 3 aromatic heterocycles. The number of aromatic nitrogens is 5. The van der Waals surface area contributed by atoms with Gasteiger partial charge >= 0.3 is 0 Å². The number of likely N-dealkylation sites (tertiary alicyclic amines) is 1. The number of hydrogen-bond acceptors (Lipinski definition) is 6. The Kier molecular flexibility index (Phi) is 4.25. The Bertz CT molecular complexity index is 986. The first-order valence-corrected chi connectivity index (χ1v) is 9.03. The zero-order valence-electron chi connectivity index (χ0n) is 15.9. The van der Waals surface area contributed by atoms with Gasteiger partial charge in [0.1, 0.15) is 17.3 Å². The Morgan fingerprint density at radius 3 is 2.74 bits per heavy atom. The van der Waals surface area contributed by atoms with Crippen molar-refractivity contribution in [1.82, 2.24) is 29.8 Å². The van der Waals surface area contributed by atoms with Gasteiger partial charge in [0.05, 0.1) is 28.7 Å². The van der Waals surface area contributed by atoms with E-state index in [2.05, 4.69) is 20.2 Å². The Balaban J connectivity index is 1.71. The molecule has 1 atom stereocenters. The van der Waals surface area contributed by atoms with Crippen LogP contribution in [0.4, 0.5) is 0 Å². The zero-order valence-corrected chi connectivity index (χ0v) is 15.9. The van der Waals surface area contributed by atoms with Crippen LogP contribution in [0.15, 0.2) is 22.9 Å².